The Morgan fingerprint density at radius 1 is 1.33 bits per heavy atom. The standard InChI is InChI=1S/C16H30N2O3/c1-5-13(6-2)10-18(11-15(19)21-4)16(20)14-7-8-17-12(3)9-14/h12-14,17H,5-11H2,1-4H3. The van der Waals surface area contributed by atoms with Gasteiger partial charge in [-0.25, -0.2) is 0 Å². The van der Waals surface area contributed by atoms with Gasteiger partial charge in [0.2, 0.25) is 5.91 Å². The molecule has 0 saturated carbocycles. The first-order valence-corrected chi connectivity index (χ1v) is 8.10. The topological polar surface area (TPSA) is 58.6 Å². The van der Waals surface area contributed by atoms with Gasteiger partial charge in [0.25, 0.3) is 0 Å². The highest BCUT2D eigenvalue weighted by Gasteiger charge is 2.30. The van der Waals surface area contributed by atoms with Crippen LogP contribution in [0.25, 0.3) is 0 Å². The predicted molar refractivity (Wildman–Crippen MR) is 82.9 cm³/mol. The summed E-state index contributed by atoms with van der Waals surface area (Å²) in [7, 11) is 1.37. The minimum atomic E-state index is -0.337. The number of carbonyl (C=O) groups is 2. The Bertz CT molecular complexity index is 342. The molecule has 1 aliphatic rings. The van der Waals surface area contributed by atoms with Crippen LogP contribution >= 0.6 is 0 Å². The molecule has 122 valence electrons. The zero-order chi connectivity index (χ0) is 15.8. The summed E-state index contributed by atoms with van der Waals surface area (Å²) >= 11 is 0. The van der Waals surface area contributed by atoms with Gasteiger partial charge in [0, 0.05) is 18.5 Å². The number of amides is 1. The van der Waals surface area contributed by atoms with Crippen molar-refractivity contribution in [2.75, 3.05) is 26.7 Å². The molecular formula is C16H30N2O3. The van der Waals surface area contributed by atoms with Crippen LogP contribution in [0.2, 0.25) is 0 Å². The number of esters is 1. The first-order chi connectivity index (χ1) is 10.0. The molecule has 21 heavy (non-hydrogen) atoms. The van der Waals surface area contributed by atoms with Crippen LogP contribution in [-0.4, -0.2) is 49.6 Å². The molecule has 0 radical (unpaired) electrons. The van der Waals surface area contributed by atoms with Gasteiger partial charge in [0.05, 0.1) is 7.11 Å². The van der Waals surface area contributed by atoms with Crippen molar-refractivity contribution in [1.82, 2.24) is 10.2 Å². The third-order valence-corrected chi connectivity index (χ3v) is 4.47. The molecule has 2 atom stereocenters. The average Bonchev–Trinajstić information content (AvgIpc) is 2.50. The minimum absolute atomic E-state index is 0.0280. The zero-order valence-electron chi connectivity index (χ0n) is 13.9. The number of piperidine rings is 1. The molecule has 0 bridgehead atoms. The van der Waals surface area contributed by atoms with Crippen LogP contribution < -0.4 is 5.32 Å². The van der Waals surface area contributed by atoms with Crippen LogP contribution in [0, 0.1) is 11.8 Å². The molecule has 1 fully saturated rings. The normalized spacial score (nSPS) is 22.1. The van der Waals surface area contributed by atoms with Crippen LogP contribution in [-0.2, 0) is 14.3 Å². The number of ether oxygens (including phenoxy) is 1. The Morgan fingerprint density at radius 2 is 2.00 bits per heavy atom. The van der Waals surface area contributed by atoms with Gasteiger partial charge in [-0.05, 0) is 32.2 Å². The number of hydrogen-bond donors (Lipinski definition) is 1. The maximum Gasteiger partial charge on any atom is 0.325 e. The largest absolute Gasteiger partial charge is 0.468 e. The Kier molecular flexibility index (Phi) is 7.72. The molecule has 1 saturated heterocycles. The molecule has 2 unspecified atom stereocenters. The highest BCUT2D eigenvalue weighted by Crippen LogP contribution is 2.20. The second kappa shape index (κ2) is 9.03. The van der Waals surface area contributed by atoms with Crippen LogP contribution in [0.15, 0.2) is 0 Å². The fraction of sp³-hybridized carbons (Fsp3) is 0.875. The van der Waals surface area contributed by atoms with E-state index in [4.69, 9.17) is 4.74 Å². The minimum Gasteiger partial charge on any atom is -0.468 e. The molecule has 1 aliphatic heterocycles. The van der Waals surface area contributed by atoms with Crippen molar-refractivity contribution < 1.29 is 14.3 Å². The van der Waals surface area contributed by atoms with Crippen molar-refractivity contribution >= 4 is 11.9 Å². The smallest absolute Gasteiger partial charge is 0.325 e. The van der Waals surface area contributed by atoms with E-state index in [0.29, 0.717) is 18.5 Å². The van der Waals surface area contributed by atoms with Crippen molar-refractivity contribution in [3.05, 3.63) is 0 Å². The molecule has 0 aromatic rings. The van der Waals surface area contributed by atoms with Crippen LogP contribution in [0.1, 0.15) is 46.5 Å². The number of hydrogen-bond acceptors (Lipinski definition) is 4. The highest BCUT2D eigenvalue weighted by molar-refractivity contribution is 5.83. The van der Waals surface area contributed by atoms with Crippen LogP contribution in [0.3, 0.4) is 0 Å². The third-order valence-electron chi connectivity index (χ3n) is 4.47. The lowest BCUT2D eigenvalue weighted by molar-refractivity contribution is -0.149. The van der Waals surface area contributed by atoms with Crippen molar-refractivity contribution in [3.8, 4) is 0 Å². The summed E-state index contributed by atoms with van der Waals surface area (Å²) in [5, 5.41) is 3.36. The quantitative estimate of drug-likeness (QED) is 0.728. The maximum absolute atomic E-state index is 12.8. The molecule has 0 aromatic heterocycles. The summed E-state index contributed by atoms with van der Waals surface area (Å²) in [6.45, 7) is 7.95. The monoisotopic (exact) mass is 298 g/mol. The lowest BCUT2D eigenvalue weighted by Crippen LogP contribution is -2.47. The SMILES string of the molecule is CCC(CC)CN(CC(=O)OC)C(=O)C1CCNC(C)C1. The summed E-state index contributed by atoms with van der Waals surface area (Å²) in [6, 6.07) is 0.362. The summed E-state index contributed by atoms with van der Waals surface area (Å²) < 4.78 is 4.74. The molecule has 5 nitrogen and oxygen atoms in total. The molecule has 1 N–H and O–H groups in total. The molecule has 5 heteroatoms. The summed E-state index contributed by atoms with van der Waals surface area (Å²) in [5.74, 6) is 0.245. The average molecular weight is 298 g/mol. The van der Waals surface area contributed by atoms with E-state index in [-0.39, 0.29) is 24.3 Å². The van der Waals surface area contributed by atoms with E-state index in [1.54, 1.807) is 4.90 Å². The van der Waals surface area contributed by atoms with Gasteiger partial charge < -0.3 is 15.0 Å². The lowest BCUT2D eigenvalue weighted by atomic mass is 9.91. The third kappa shape index (κ3) is 5.65. The van der Waals surface area contributed by atoms with E-state index in [0.717, 1.165) is 32.2 Å². The van der Waals surface area contributed by atoms with Gasteiger partial charge in [-0.2, -0.15) is 0 Å². The lowest BCUT2D eigenvalue weighted by Gasteiger charge is -2.33. The Balaban J connectivity index is 2.73. The predicted octanol–water partition coefficient (Wildman–Crippen LogP) is 1.81. The van der Waals surface area contributed by atoms with Gasteiger partial charge >= 0.3 is 5.97 Å². The fourth-order valence-electron chi connectivity index (χ4n) is 2.93. The number of nitrogens with one attached hydrogen (secondary N) is 1. The maximum atomic E-state index is 12.8. The van der Waals surface area contributed by atoms with Crippen LogP contribution in [0.5, 0.6) is 0 Å². The van der Waals surface area contributed by atoms with E-state index in [2.05, 4.69) is 26.1 Å². The van der Waals surface area contributed by atoms with Crippen molar-refractivity contribution in [1.29, 1.82) is 0 Å². The molecule has 0 aromatic carbocycles. The molecular weight excluding hydrogens is 268 g/mol. The van der Waals surface area contributed by atoms with Crippen molar-refractivity contribution in [3.63, 3.8) is 0 Å². The Morgan fingerprint density at radius 3 is 2.52 bits per heavy atom. The van der Waals surface area contributed by atoms with E-state index in [1.165, 1.54) is 7.11 Å². The number of nitrogens with zero attached hydrogens (tertiary/aromatic N) is 1. The fourth-order valence-corrected chi connectivity index (χ4v) is 2.93. The van der Waals surface area contributed by atoms with E-state index >= 15 is 0 Å². The van der Waals surface area contributed by atoms with E-state index in [1.807, 2.05) is 0 Å². The highest BCUT2D eigenvalue weighted by atomic mass is 16.5. The summed E-state index contributed by atoms with van der Waals surface area (Å²) in [6.07, 6.45) is 3.73. The van der Waals surface area contributed by atoms with Crippen molar-refractivity contribution in [2.45, 2.75) is 52.5 Å². The first kappa shape index (κ1) is 18.0. The van der Waals surface area contributed by atoms with Crippen LogP contribution in [0.4, 0.5) is 0 Å². The molecule has 1 rings (SSSR count). The summed E-state index contributed by atoms with van der Waals surface area (Å²) in [4.78, 5) is 26.1. The second-order valence-electron chi connectivity index (χ2n) is 6.05. The molecule has 0 aliphatic carbocycles. The molecule has 1 heterocycles. The van der Waals surface area contributed by atoms with Gasteiger partial charge in [-0.15, -0.1) is 0 Å². The van der Waals surface area contributed by atoms with Crippen molar-refractivity contribution in [2.24, 2.45) is 11.8 Å². The van der Waals surface area contributed by atoms with E-state index in [9.17, 15) is 9.59 Å². The number of rotatable bonds is 7. The second-order valence-corrected chi connectivity index (χ2v) is 6.05. The number of carbonyl (C=O) groups excluding carboxylic acids is 2. The van der Waals surface area contributed by atoms with Gasteiger partial charge in [-0.1, -0.05) is 26.7 Å². The number of methoxy groups -OCH3 is 1. The van der Waals surface area contributed by atoms with Gasteiger partial charge in [-0.3, -0.25) is 9.59 Å². The van der Waals surface area contributed by atoms with Gasteiger partial charge in [0.1, 0.15) is 6.54 Å². The summed E-state index contributed by atoms with van der Waals surface area (Å²) in [5.41, 5.74) is 0. The molecule has 0 spiro atoms. The molecule has 1 amide bonds. The Labute approximate surface area is 128 Å². The zero-order valence-corrected chi connectivity index (χ0v) is 13.9. The van der Waals surface area contributed by atoms with Gasteiger partial charge in [0.15, 0.2) is 0 Å². The Hall–Kier alpha value is -1.10. The first-order valence-electron chi connectivity index (χ1n) is 8.10. The van der Waals surface area contributed by atoms with E-state index < -0.39 is 0 Å².